The Kier molecular flexibility index (Phi) is 4.80. The minimum atomic E-state index is -1.12. The number of aromatic nitrogens is 4. The quantitative estimate of drug-likeness (QED) is 0.587. The Morgan fingerprint density at radius 3 is 2.85 bits per heavy atom. The Labute approximate surface area is 149 Å². The summed E-state index contributed by atoms with van der Waals surface area (Å²) in [5.41, 5.74) is 2.27. The van der Waals surface area contributed by atoms with Crippen molar-refractivity contribution < 1.29 is 9.90 Å². The summed E-state index contributed by atoms with van der Waals surface area (Å²) in [7, 11) is 1.79. The summed E-state index contributed by atoms with van der Waals surface area (Å²) in [6.07, 6.45) is 10.1. The highest BCUT2D eigenvalue weighted by Gasteiger charge is 2.14. The first-order valence-electron chi connectivity index (χ1n) is 7.71. The van der Waals surface area contributed by atoms with Gasteiger partial charge in [0.2, 0.25) is 5.95 Å². The zero-order valence-electron chi connectivity index (χ0n) is 14.0. The van der Waals surface area contributed by atoms with Gasteiger partial charge in [-0.1, -0.05) is 24.1 Å². The van der Waals surface area contributed by atoms with E-state index in [1.54, 1.807) is 24.1 Å². The van der Waals surface area contributed by atoms with Gasteiger partial charge in [0, 0.05) is 31.5 Å². The fourth-order valence-corrected chi connectivity index (χ4v) is 2.34. The molecule has 130 valence electrons. The molecule has 0 saturated carbocycles. The Morgan fingerprint density at radius 1 is 1.35 bits per heavy atom. The van der Waals surface area contributed by atoms with Crippen molar-refractivity contribution in [1.29, 1.82) is 0 Å². The molecule has 8 heteroatoms. The van der Waals surface area contributed by atoms with E-state index in [0.29, 0.717) is 12.2 Å². The highest BCUT2D eigenvalue weighted by Crippen LogP contribution is 2.19. The summed E-state index contributed by atoms with van der Waals surface area (Å²) >= 11 is 0. The molecule has 0 unspecified atom stereocenters. The van der Waals surface area contributed by atoms with Crippen molar-refractivity contribution in [3.63, 3.8) is 0 Å². The van der Waals surface area contributed by atoms with E-state index in [-0.39, 0.29) is 17.3 Å². The van der Waals surface area contributed by atoms with Crippen molar-refractivity contribution in [2.24, 2.45) is 7.05 Å². The van der Waals surface area contributed by atoms with Crippen LogP contribution < -0.4 is 10.6 Å². The molecule has 2 heterocycles. The highest BCUT2D eigenvalue weighted by atomic mass is 16.4. The molecule has 0 aliphatic carbocycles. The second kappa shape index (κ2) is 7.36. The Morgan fingerprint density at radius 2 is 2.15 bits per heavy atom. The molecule has 0 saturated heterocycles. The number of nitrogens with zero attached hydrogens (tertiary/aromatic N) is 4. The molecule has 8 nitrogen and oxygen atoms in total. The smallest absolute Gasteiger partial charge is 0.341 e. The van der Waals surface area contributed by atoms with Crippen LogP contribution in [-0.4, -0.2) is 30.8 Å². The average molecular weight is 348 g/mol. The number of terminal acetylenes is 1. The monoisotopic (exact) mass is 348 g/mol. The summed E-state index contributed by atoms with van der Waals surface area (Å²) < 4.78 is 1.63. The molecule has 0 aliphatic rings. The van der Waals surface area contributed by atoms with E-state index in [1.807, 2.05) is 24.3 Å². The number of aryl methyl sites for hydroxylation is 1. The van der Waals surface area contributed by atoms with Crippen LogP contribution in [0.3, 0.4) is 0 Å². The van der Waals surface area contributed by atoms with Gasteiger partial charge in [-0.05, 0) is 11.6 Å². The maximum absolute atomic E-state index is 11.4. The molecule has 0 radical (unpaired) electrons. The third-order valence-electron chi connectivity index (χ3n) is 3.60. The fraction of sp³-hybridized carbons (Fsp3) is 0.111. The summed E-state index contributed by atoms with van der Waals surface area (Å²) in [6.45, 7) is 0.337. The van der Waals surface area contributed by atoms with E-state index in [4.69, 9.17) is 6.42 Å². The van der Waals surface area contributed by atoms with E-state index in [2.05, 4.69) is 31.6 Å². The minimum absolute atomic E-state index is 0.0278. The zero-order chi connectivity index (χ0) is 18.5. The highest BCUT2D eigenvalue weighted by molar-refractivity contribution is 5.93. The van der Waals surface area contributed by atoms with Crippen LogP contribution in [0.1, 0.15) is 21.5 Å². The first kappa shape index (κ1) is 17.0. The molecule has 0 bridgehead atoms. The van der Waals surface area contributed by atoms with Crippen LogP contribution in [0.5, 0.6) is 0 Å². The first-order valence-corrected chi connectivity index (χ1v) is 7.71. The van der Waals surface area contributed by atoms with Crippen molar-refractivity contribution in [3.8, 4) is 12.3 Å². The van der Waals surface area contributed by atoms with Gasteiger partial charge in [-0.2, -0.15) is 10.1 Å². The van der Waals surface area contributed by atoms with Gasteiger partial charge in [0.1, 0.15) is 11.4 Å². The zero-order valence-corrected chi connectivity index (χ0v) is 14.0. The molecular weight excluding hydrogens is 332 g/mol. The van der Waals surface area contributed by atoms with Crippen LogP contribution in [0, 0.1) is 12.3 Å². The maximum Gasteiger partial charge on any atom is 0.341 e. The van der Waals surface area contributed by atoms with Crippen molar-refractivity contribution >= 4 is 23.4 Å². The third kappa shape index (κ3) is 3.79. The molecule has 1 aromatic carbocycles. The molecular formula is C18H16N6O2. The van der Waals surface area contributed by atoms with Crippen LogP contribution in [-0.2, 0) is 13.6 Å². The van der Waals surface area contributed by atoms with Crippen molar-refractivity contribution in [1.82, 2.24) is 19.7 Å². The number of nitrogens with one attached hydrogen (secondary N) is 2. The normalized spacial score (nSPS) is 10.2. The number of hydrogen-bond donors (Lipinski definition) is 3. The largest absolute Gasteiger partial charge is 0.477 e. The summed E-state index contributed by atoms with van der Waals surface area (Å²) in [5, 5.41) is 19.4. The molecule has 3 aromatic rings. The second-order valence-corrected chi connectivity index (χ2v) is 5.44. The number of hydrogen-bond acceptors (Lipinski definition) is 6. The lowest BCUT2D eigenvalue weighted by Gasteiger charge is -2.11. The Hall–Kier alpha value is -3.86. The van der Waals surface area contributed by atoms with Crippen LogP contribution in [0.25, 0.3) is 0 Å². The van der Waals surface area contributed by atoms with Gasteiger partial charge >= 0.3 is 5.97 Å². The molecule has 0 amide bonds. The number of aromatic carboxylic acids is 1. The number of carbonyl (C=O) groups is 1. The number of carboxylic acid groups (broad SMARTS) is 1. The van der Waals surface area contributed by atoms with E-state index in [0.717, 1.165) is 11.1 Å². The number of carboxylic acids is 1. The topological polar surface area (TPSA) is 105 Å². The van der Waals surface area contributed by atoms with Gasteiger partial charge in [-0.3, -0.25) is 4.68 Å². The van der Waals surface area contributed by atoms with Crippen LogP contribution in [0.4, 0.5) is 17.5 Å². The third-order valence-corrected chi connectivity index (χ3v) is 3.60. The molecule has 0 atom stereocenters. The van der Waals surface area contributed by atoms with Gasteiger partial charge < -0.3 is 15.7 Å². The molecule has 0 spiro atoms. The number of anilines is 3. The van der Waals surface area contributed by atoms with Gasteiger partial charge in [0.05, 0.1) is 11.9 Å². The standard InChI is InChI=1S/C18H16N6O2/c1-3-12-6-4-5-7-13(12)8-19-16-15(17(25)26)10-20-18(23-16)22-14-9-21-24(2)11-14/h1,4-7,9-11H,8H2,2H3,(H,25,26)(H2,19,20,22,23). The predicted octanol–water partition coefficient (Wildman–Crippen LogP) is 2.25. The minimum Gasteiger partial charge on any atom is -0.477 e. The first-order chi connectivity index (χ1) is 12.6. The number of rotatable bonds is 6. The molecule has 0 aliphatic heterocycles. The molecule has 0 fully saturated rings. The van der Waals surface area contributed by atoms with Gasteiger partial charge in [0.15, 0.2) is 0 Å². The molecule has 26 heavy (non-hydrogen) atoms. The van der Waals surface area contributed by atoms with Crippen LogP contribution >= 0.6 is 0 Å². The SMILES string of the molecule is C#Cc1ccccc1CNc1nc(Nc2cnn(C)c2)ncc1C(=O)O. The van der Waals surface area contributed by atoms with Crippen molar-refractivity contribution in [2.45, 2.75) is 6.54 Å². The van der Waals surface area contributed by atoms with E-state index in [1.165, 1.54) is 6.20 Å². The van der Waals surface area contributed by atoms with Gasteiger partial charge in [-0.15, -0.1) is 6.42 Å². The number of benzene rings is 1. The maximum atomic E-state index is 11.4. The average Bonchev–Trinajstić information content (AvgIpc) is 3.04. The Bertz CT molecular complexity index is 989. The molecule has 3 rings (SSSR count). The van der Waals surface area contributed by atoms with Crippen LogP contribution in [0.2, 0.25) is 0 Å². The Balaban J connectivity index is 1.85. The molecule has 3 N–H and O–H groups in total. The van der Waals surface area contributed by atoms with Gasteiger partial charge in [0.25, 0.3) is 0 Å². The van der Waals surface area contributed by atoms with Gasteiger partial charge in [-0.25, -0.2) is 9.78 Å². The molecule has 2 aromatic heterocycles. The lowest BCUT2D eigenvalue weighted by atomic mass is 10.1. The predicted molar refractivity (Wildman–Crippen MR) is 97.2 cm³/mol. The summed E-state index contributed by atoms with van der Waals surface area (Å²) in [6, 6.07) is 7.41. The van der Waals surface area contributed by atoms with E-state index >= 15 is 0 Å². The van der Waals surface area contributed by atoms with Crippen molar-refractivity contribution in [2.75, 3.05) is 10.6 Å². The van der Waals surface area contributed by atoms with E-state index in [9.17, 15) is 9.90 Å². The van der Waals surface area contributed by atoms with Crippen molar-refractivity contribution in [3.05, 3.63) is 59.5 Å². The van der Waals surface area contributed by atoms with E-state index < -0.39 is 5.97 Å². The lowest BCUT2D eigenvalue weighted by molar-refractivity contribution is 0.0697. The lowest BCUT2D eigenvalue weighted by Crippen LogP contribution is -2.11. The summed E-state index contributed by atoms with van der Waals surface area (Å²) in [4.78, 5) is 19.8. The summed E-state index contributed by atoms with van der Waals surface area (Å²) in [5.74, 6) is 1.94. The fourth-order valence-electron chi connectivity index (χ4n) is 2.34. The second-order valence-electron chi connectivity index (χ2n) is 5.44. The van der Waals surface area contributed by atoms with Crippen LogP contribution in [0.15, 0.2) is 42.9 Å².